The summed E-state index contributed by atoms with van der Waals surface area (Å²) >= 11 is 0. The molecule has 0 atom stereocenters. The second kappa shape index (κ2) is 6.29. The topological polar surface area (TPSA) is 89.0 Å². The molecule has 2 rings (SSSR count). The summed E-state index contributed by atoms with van der Waals surface area (Å²) < 4.78 is 1.56. The minimum Gasteiger partial charge on any atom is -0.368 e. The molecule has 0 amide bonds. The van der Waals surface area contributed by atoms with Gasteiger partial charge in [0.2, 0.25) is 11.9 Å². The van der Waals surface area contributed by atoms with E-state index in [2.05, 4.69) is 39.0 Å². The van der Waals surface area contributed by atoms with Crippen LogP contribution in [0.3, 0.4) is 0 Å². The Morgan fingerprint density at radius 2 is 1.95 bits per heavy atom. The first-order chi connectivity index (χ1) is 9.56. The molecule has 0 saturated carbocycles. The first-order valence-corrected chi connectivity index (χ1v) is 6.43. The molecule has 2 aromatic heterocycles. The third kappa shape index (κ3) is 3.64. The Hall–Kier alpha value is -2.22. The number of nitrogens with zero attached hydrogens (tertiary/aromatic N) is 7. The van der Waals surface area contributed by atoms with Gasteiger partial charge in [0.1, 0.15) is 0 Å². The van der Waals surface area contributed by atoms with Crippen LogP contribution in [0.15, 0.2) is 18.5 Å². The lowest BCUT2D eigenvalue weighted by atomic mass is 10.4. The Morgan fingerprint density at radius 3 is 2.60 bits per heavy atom. The largest absolute Gasteiger partial charge is 0.368 e. The quantitative estimate of drug-likeness (QED) is 0.796. The van der Waals surface area contributed by atoms with Crippen LogP contribution in [-0.4, -0.2) is 63.9 Å². The maximum Gasteiger partial charge on any atom is 0.257 e. The molecule has 0 fully saturated rings. The molecule has 0 aliphatic heterocycles. The average Bonchev–Trinajstić information content (AvgIpc) is 2.91. The van der Waals surface area contributed by atoms with E-state index < -0.39 is 0 Å². The van der Waals surface area contributed by atoms with Gasteiger partial charge in [-0.1, -0.05) is 0 Å². The van der Waals surface area contributed by atoms with Crippen molar-refractivity contribution >= 4 is 11.9 Å². The molecule has 8 heteroatoms. The van der Waals surface area contributed by atoms with Gasteiger partial charge in [-0.05, 0) is 33.1 Å². The minimum absolute atomic E-state index is 0.194. The number of nitrogens with two attached hydrogens (primary N) is 1. The normalized spacial score (nSPS) is 11.0. The summed E-state index contributed by atoms with van der Waals surface area (Å²) in [6.07, 6.45) is 4.46. The highest BCUT2D eigenvalue weighted by atomic mass is 15.4. The molecule has 108 valence electrons. The smallest absolute Gasteiger partial charge is 0.257 e. The van der Waals surface area contributed by atoms with Crippen LogP contribution >= 0.6 is 0 Å². The van der Waals surface area contributed by atoms with Gasteiger partial charge in [0.15, 0.2) is 0 Å². The Balaban J connectivity index is 2.11. The molecular weight excluding hydrogens is 256 g/mol. The molecule has 2 aromatic rings. The fourth-order valence-corrected chi connectivity index (χ4v) is 1.75. The van der Waals surface area contributed by atoms with Crippen LogP contribution in [0, 0.1) is 0 Å². The lowest BCUT2D eigenvalue weighted by Crippen LogP contribution is -2.26. The van der Waals surface area contributed by atoms with E-state index in [1.807, 2.05) is 11.9 Å². The summed E-state index contributed by atoms with van der Waals surface area (Å²) in [5, 5.41) is 4.10. The van der Waals surface area contributed by atoms with Gasteiger partial charge in [-0.15, -0.1) is 0 Å². The molecule has 0 aromatic carbocycles. The molecule has 0 aliphatic rings. The highest BCUT2D eigenvalue weighted by molar-refractivity contribution is 5.36. The standard InChI is InChI=1S/C12H20N8/c1-18(2)7-5-8-19(3)11-15-10(13)16-12(17-11)20-9-4-6-14-20/h4,6,9H,5,7-8H2,1-3H3,(H2,13,15,16,17). The number of hydrogen-bond acceptors (Lipinski definition) is 7. The van der Waals surface area contributed by atoms with Gasteiger partial charge in [-0.25, -0.2) is 4.68 Å². The molecular formula is C12H20N8. The molecule has 2 N–H and O–H groups in total. The summed E-state index contributed by atoms with van der Waals surface area (Å²) in [6, 6.07) is 1.81. The third-order valence-corrected chi connectivity index (χ3v) is 2.78. The first-order valence-electron chi connectivity index (χ1n) is 6.43. The number of hydrogen-bond donors (Lipinski definition) is 1. The zero-order valence-electron chi connectivity index (χ0n) is 12.1. The molecule has 20 heavy (non-hydrogen) atoms. The van der Waals surface area contributed by atoms with Crippen molar-refractivity contribution in [3.05, 3.63) is 18.5 Å². The Morgan fingerprint density at radius 1 is 1.15 bits per heavy atom. The molecule has 0 saturated heterocycles. The van der Waals surface area contributed by atoms with E-state index in [0.717, 1.165) is 19.5 Å². The number of aromatic nitrogens is 5. The molecule has 2 heterocycles. The maximum atomic E-state index is 5.74. The number of anilines is 2. The van der Waals surface area contributed by atoms with Gasteiger partial charge in [0, 0.05) is 26.0 Å². The van der Waals surface area contributed by atoms with Crippen LogP contribution in [0.25, 0.3) is 5.95 Å². The minimum atomic E-state index is 0.194. The van der Waals surface area contributed by atoms with E-state index >= 15 is 0 Å². The van der Waals surface area contributed by atoms with E-state index in [-0.39, 0.29) is 5.95 Å². The van der Waals surface area contributed by atoms with Gasteiger partial charge in [-0.3, -0.25) is 0 Å². The summed E-state index contributed by atoms with van der Waals surface area (Å²) in [4.78, 5) is 16.8. The fraction of sp³-hybridized carbons (Fsp3) is 0.500. The van der Waals surface area contributed by atoms with Gasteiger partial charge in [0.05, 0.1) is 0 Å². The van der Waals surface area contributed by atoms with E-state index in [1.54, 1.807) is 23.1 Å². The lowest BCUT2D eigenvalue weighted by molar-refractivity contribution is 0.401. The van der Waals surface area contributed by atoms with E-state index in [1.165, 1.54) is 0 Å². The third-order valence-electron chi connectivity index (χ3n) is 2.78. The van der Waals surface area contributed by atoms with E-state index in [4.69, 9.17) is 5.73 Å². The van der Waals surface area contributed by atoms with E-state index in [0.29, 0.717) is 11.9 Å². The van der Waals surface area contributed by atoms with Crippen molar-refractivity contribution in [3.8, 4) is 5.95 Å². The van der Waals surface area contributed by atoms with Crippen molar-refractivity contribution in [2.45, 2.75) is 6.42 Å². The van der Waals surface area contributed by atoms with Crippen LogP contribution in [0.5, 0.6) is 0 Å². The summed E-state index contributed by atoms with van der Waals surface area (Å²) in [5.74, 6) is 1.18. The highest BCUT2D eigenvalue weighted by Gasteiger charge is 2.10. The fourth-order valence-electron chi connectivity index (χ4n) is 1.75. The Kier molecular flexibility index (Phi) is 4.46. The van der Waals surface area contributed by atoms with Crippen LogP contribution in [0.2, 0.25) is 0 Å². The van der Waals surface area contributed by atoms with Crippen molar-refractivity contribution in [2.75, 3.05) is 44.9 Å². The summed E-state index contributed by atoms with van der Waals surface area (Å²) in [7, 11) is 6.05. The van der Waals surface area contributed by atoms with Crippen LogP contribution in [-0.2, 0) is 0 Å². The predicted octanol–water partition coefficient (Wildman–Crippen LogP) is 0.0274. The summed E-state index contributed by atoms with van der Waals surface area (Å²) in [5.41, 5.74) is 5.74. The van der Waals surface area contributed by atoms with Gasteiger partial charge >= 0.3 is 0 Å². The maximum absolute atomic E-state index is 5.74. The molecule has 0 spiro atoms. The second-order valence-corrected chi connectivity index (χ2v) is 4.82. The summed E-state index contributed by atoms with van der Waals surface area (Å²) in [6.45, 7) is 1.86. The number of rotatable bonds is 6. The van der Waals surface area contributed by atoms with Gasteiger partial charge in [-0.2, -0.15) is 20.1 Å². The average molecular weight is 276 g/mol. The van der Waals surface area contributed by atoms with Gasteiger partial charge in [0.25, 0.3) is 5.95 Å². The molecule has 0 unspecified atom stereocenters. The predicted molar refractivity (Wildman–Crippen MR) is 77.8 cm³/mol. The van der Waals surface area contributed by atoms with Gasteiger partial charge < -0.3 is 15.5 Å². The van der Waals surface area contributed by atoms with Crippen molar-refractivity contribution < 1.29 is 0 Å². The molecule has 0 aliphatic carbocycles. The Labute approximate surface area is 118 Å². The zero-order valence-corrected chi connectivity index (χ0v) is 12.1. The van der Waals surface area contributed by atoms with Crippen molar-refractivity contribution in [2.24, 2.45) is 0 Å². The molecule has 0 bridgehead atoms. The van der Waals surface area contributed by atoms with Crippen molar-refractivity contribution in [1.82, 2.24) is 29.6 Å². The highest BCUT2D eigenvalue weighted by Crippen LogP contribution is 2.10. The SMILES string of the molecule is CN(C)CCCN(C)c1nc(N)nc(-n2cccn2)n1. The zero-order chi connectivity index (χ0) is 14.5. The van der Waals surface area contributed by atoms with Crippen molar-refractivity contribution in [3.63, 3.8) is 0 Å². The molecule has 0 radical (unpaired) electrons. The second-order valence-electron chi connectivity index (χ2n) is 4.82. The number of nitrogen functional groups attached to an aromatic ring is 1. The van der Waals surface area contributed by atoms with Crippen LogP contribution in [0.4, 0.5) is 11.9 Å². The Bertz CT molecular complexity index is 536. The lowest BCUT2D eigenvalue weighted by Gasteiger charge is -2.18. The van der Waals surface area contributed by atoms with Crippen LogP contribution in [0.1, 0.15) is 6.42 Å². The van der Waals surface area contributed by atoms with Crippen molar-refractivity contribution in [1.29, 1.82) is 0 Å². The first kappa shape index (κ1) is 14.2. The monoisotopic (exact) mass is 276 g/mol. The van der Waals surface area contributed by atoms with Crippen LogP contribution < -0.4 is 10.6 Å². The molecule has 8 nitrogen and oxygen atoms in total. The van der Waals surface area contributed by atoms with E-state index in [9.17, 15) is 0 Å².